The van der Waals surface area contributed by atoms with Crippen molar-refractivity contribution in [2.24, 2.45) is 0 Å². The Morgan fingerprint density at radius 1 is 0.900 bits per heavy atom. The van der Waals surface area contributed by atoms with E-state index in [1.165, 1.54) is 0 Å². The molecule has 0 fully saturated rings. The van der Waals surface area contributed by atoms with Gasteiger partial charge in [-0.2, -0.15) is 16.8 Å². The Balaban J connectivity index is 0. The van der Waals surface area contributed by atoms with Crippen LogP contribution in [0.15, 0.2) is 0 Å². The predicted octanol–water partition coefficient (Wildman–Crippen LogP) is -1.77. The molecule has 10 heavy (non-hydrogen) atoms. The minimum absolute atomic E-state index is 0. The van der Waals surface area contributed by atoms with Gasteiger partial charge >= 0.3 is 43.9 Å². The molecule has 0 saturated heterocycles. The molecule has 0 atom stereocenters. The predicted molar refractivity (Wildman–Crippen MR) is 29.9 cm³/mol. The van der Waals surface area contributed by atoms with Crippen LogP contribution in [0.1, 0.15) is 0 Å². The van der Waals surface area contributed by atoms with E-state index in [4.69, 9.17) is 9.11 Å². The van der Waals surface area contributed by atoms with Gasteiger partial charge in [-0.3, -0.25) is 9.11 Å². The van der Waals surface area contributed by atoms with Crippen molar-refractivity contribution in [1.29, 1.82) is 0 Å². The third-order valence-electron chi connectivity index (χ3n) is 0.172. The summed E-state index contributed by atoms with van der Waals surface area (Å²) >= 11 is 0. The molecule has 0 radical (unpaired) electrons. The maximum atomic E-state index is 9.44. The van der Waals surface area contributed by atoms with Gasteiger partial charge in [0.15, 0.2) is 0 Å². The number of rotatable bonds is 2. The summed E-state index contributed by atoms with van der Waals surface area (Å²) in [5.74, 6) is 0. The van der Waals surface area contributed by atoms with Crippen LogP contribution in [-0.2, 0) is 24.4 Å². The molecule has 0 spiro atoms. The molecule has 0 unspecified atom stereocenters. The van der Waals surface area contributed by atoms with Gasteiger partial charge in [0.25, 0.3) is 0 Å². The smallest absolute Gasteiger partial charge is 0.263 e. The fourth-order valence-corrected chi connectivity index (χ4v) is 0.978. The maximum absolute atomic E-state index is 9.44. The Hall–Kier alpha value is 0.546. The third kappa shape index (κ3) is 11.4. The second-order valence-electron chi connectivity index (χ2n) is 0.924. The van der Waals surface area contributed by atoms with E-state index >= 15 is 0 Å². The van der Waals surface area contributed by atoms with Crippen LogP contribution >= 0.6 is 0 Å². The zero-order valence-electron chi connectivity index (χ0n) is 4.46. The maximum Gasteiger partial charge on any atom is 2.00 e. The van der Waals surface area contributed by atoms with Crippen LogP contribution in [0.4, 0.5) is 0 Å². The molecule has 0 saturated carbocycles. The fraction of sp³-hybridized carbons (Fsp3) is 0. The topological polar surface area (TPSA) is 118 Å². The van der Waals surface area contributed by atoms with Crippen molar-refractivity contribution < 1.29 is 29.6 Å². The van der Waals surface area contributed by atoms with Crippen LogP contribution in [-0.4, -0.2) is 49.0 Å². The molecule has 7 nitrogen and oxygen atoms in total. The van der Waals surface area contributed by atoms with E-state index in [1.807, 2.05) is 0 Å². The molecule has 0 rings (SSSR count). The molecule has 0 aliphatic rings. The van der Waals surface area contributed by atoms with Crippen molar-refractivity contribution in [2.45, 2.75) is 0 Å². The minimum atomic E-state index is -5.12. The molecule has 0 aromatic rings. The Labute approximate surface area is 73.4 Å². The molecule has 0 aromatic heterocycles. The summed E-state index contributed by atoms with van der Waals surface area (Å²) in [7, 11) is -10.2. The van der Waals surface area contributed by atoms with Crippen LogP contribution in [0.25, 0.3) is 0 Å². The Bertz CT molecular complexity index is 237. The third-order valence-corrected chi connectivity index (χ3v) is 1.55. The number of hydrogen-bond donors (Lipinski definition) is 2. The van der Waals surface area contributed by atoms with Crippen LogP contribution in [0.3, 0.4) is 0 Å². The Morgan fingerprint density at radius 3 is 1.10 bits per heavy atom. The van der Waals surface area contributed by atoms with Gasteiger partial charge in [0.2, 0.25) is 0 Å². The van der Waals surface area contributed by atoms with Crippen LogP contribution in [0, 0.1) is 0 Å². The van der Waals surface area contributed by atoms with Crippen molar-refractivity contribution in [3.05, 3.63) is 0 Å². The van der Waals surface area contributed by atoms with Gasteiger partial charge in [-0.25, -0.2) is 0 Å². The Kier molecular flexibility index (Phi) is 5.00. The first kappa shape index (κ1) is 13.2. The van der Waals surface area contributed by atoms with Crippen molar-refractivity contribution in [2.75, 3.05) is 0 Å². The molecular weight excluding hydrogens is 200 g/mol. The molecule has 56 valence electrons. The zero-order valence-corrected chi connectivity index (χ0v) is 7.51. The summed E-state index contributed by atoms with van der Waals surface area (Å²) in [4.78, 5) is 0. The summed E-state index contributed by atoms with van der Waals surface area (Å²) in [6.45, 7) is 0. The van der Waals surface area contributed by atoms with E-state index < -0.39 is 20.8 Å². The molecule has 0 aromatic carbocycles. The van der Waals surface area contributed by atoms with E-state index in [-0.39, 0.29) is 23.1 Å². The second kappa shape index (κ2) is 3.80. The monoisotopic (exact) mass is 202 g/mol. The van der Waals surface area contributed by atoms with Crippen LogP contribution in [0.2, 0.25) is 0 Å². The van der Waals surface area contributed by atoms with Crippen molar-refractivity contribution in [3.8, 4) is 0 Å². The van der Waals surface area contributed by atoms with Gasteiger partial charge in [-0.05, 0) is 0 Å². The molecule has 2 N–H and O–H groups in total. The van der Waals surface area contributed by atoms with E-state index in [0.717, 1.165) is 0 Å². The fourth-order valence-electron chi connectivity index (χ4n) is 0.109. The first-order valence-corrected chi connectivity index (χ1v) is 4.10. The van der Waals surface area contributed by atoms with Gasteiger partial charge in [-0.15, -0.1) is 3.63 Å². The molecular formula is H2MgO7S2+2. The molecule has 0 heterocycles. The zero-order chi connectivity index (χ0) is 7.71. The van der Waals surface area contributed by atoms with Crippen LogP contribution < -0.4 is 0 Å². The summed E-state index contributed by atoms with van der Waals surface area (Å²) < 4.78 is 55.6. The van der Waals surface area contributed by atoms with Gasteiger partial charge in [-0.1, -0.05) is 0 Å². The van der Waals surface area contributed by atoms with Crippen molar-refractivity contribution in [1.82, 2.24) is 0 Å². The molecule has 0 amide bonds. The summed E-state index contributed by atoms with van der Waals surface area (Å²) in [5, 5.41) is 0. The van der Waals surface area contributed by atoms with Crippen molar-refractivity contribution >= 4 is 43.9 Å². The quantitative estimate of drug-likeness (QED) is 0.402. The number of hydrogen-bond acceptors (Lipinski definition) is 5. The van der Waals surface area contributed by atoms with Gasteiger partial charge < -0.3 is 0 Å². The average molecular weight is 202 g/mol. The van der Waals surface area contributed by atoms with Crippen molar-refractivity contribution in [3.63, 3.8) is 0 Å². The molecule has 0 aliphatic carbocycles. The van der Waals surface area contributed by atoms with Gasteiger partial charge in [0.1, 0.15) is 0 Å². The molecule has 0 aliphatic heterocycles. The molecule has 0 bridgehead atoms. The minimum Gasteiger partial charge on any atom is -0.263 e. The van der Waals surface area contributed by atoms with E-state index in [9.17, 15) is 16.8 Å². The molecule has 10 heteroatoms. The summed E-state index contributed by atoms with van der Waals surface area (Å²) in [5.41, 5.74) is 0. The SMILES string of the molecule is O=S(=O)(O)OS(=O)(=O)O.[Mg+2]. The van der Waals surface area contributed by atoms with E-state index in [1.54, 1.807) is 0 Å². The summed E-state index contributed by atoms with van der Waals surface area (Å²) in [6.07, 6.45) is 0. The first-order chi connectivity index (χ1) is 3.71. The Morgan fingerprint density at radius 2 is 1.10 bits per heavy atom. The summed E-state index contributed by atoms with van der Waals surface area (Å²) in [6, 6.07) is 0. The largest absolute Gasteiger partial charge is 2.00 e. The normalized spacial score (nSPS) is 12.2. The first-order valence-electron chi connectivity index (χ1n) is 1.37. The van der Waals surface area contributed by atoms with E-state index in [0.29, 0.717) is 0 Å². The standard InChI is InChI=1S/Mg.H2O7S2/c;1-8(2,3)7-9(4,5)6/h;(H,1,2,3)(H,4,5,6)/q+2;. The average Bonchev–Trinajstić information content (AvgIpc) is 1.14. The van der Waals surface area contributed by atoms with Gasteiger partial charge in [0.05, 0.1) is 0 Å². The second-order valence-corrected chi connectivity index (χ2v) is 3.18. The van der Waals surface area contributed by atoms with Gasteiger partial charge in [0, 0.05) is 0 Å². The van der Waals surface area contributed by atoms with Crippen LogP contribution in [0.5, 0.6) is 0 Å². The van der Waals surface area contributed by atoms with E-state index in [2.05, 4.69) is 3.63 Å².